The van der Waals surface area contributed by atoms with Crippen LogP contribution in [0.5, 0.6) is 17.2 Å². The number of ether oxygens (including phenoxy) is 3. The van der Waals surface area contributed by atoms with Gasteiger partial charge in [-0.2, -0.15) is 0 Å². The van der Waals surface area contributed by atoms with Crippen molar-refractivity contribution in [2.24, 2.45) is 0 Å². The molecule has 0 radical (unpaired) electrons. The number of hydrogen-bond donors (Lipinski definition) is 1. The van der Waals surface area contributed by atoms with E-state index in [9.17, 15) is 13.2 Å². The van der Waals surface area contributed by atoms with Gasteiger partial charge in [0.1, 0.15) is 11.8 Å². The zero-order chi connectivity index (χ0) is 23.2. The maximum absolute atomic E-state index is 12.9. The molecule has 1 amide bonds. The number of amides is 1. The maximum Gasteiger partial charge on any atom is 0.244 e. The number of nitrogens with zero attached hydrogens (tertiary/aromatic N) is 1. The Kier molecular flexibility index (Phi) is 8.15. The Bertz CT molecular complexity index is 992. The average molecular weight is 451 g/mol. The topological polar surface area (TPSA) is 94.2 Å². The number of sulfonamides is 1. The van der Waals surface area contributed by atoms with Crippen molar-refractivity contribution in [3.63, 3.8) is 0 Å². The van der Waals surface area contributed by atoms with Crippen LogP contribution in [0.15, 0.2) is 42.5 Å². The largest absolute Gasteiger partial charge is 0.494 e. The Morgan fingerprint density at radius 1 is 1.03 bits per heavy atom. The summed E-state index contributed by atoms with van der Waals surface area (Å²) in [5, 5.41) is 2.87. The molecular formula is C22H30N2O6S. The Labute approximate surface area is 184 Å². The number of hydrogen-bond acceptors (Lipinski definition) is 6. The van der Waals surface area contributed by atoms with Gasteiger partial charge in [0.05, 0.1) is 38.8 Å². The number of benzene rings is 2. The van der Waals surface area contributed by atoms with Crippen LogP contribution >= 0.6 is 0 Å². The number of anilines is 1. The summed E-state index contributed by atoms with van der Waals surface area (Å²) < 4.78 is 42.0. The summed E-state index contributed by atoms with van der Waals surface area (Å²) in [6, 6.07) is 10.6. The van der Waals surface area contributed by atoms with Gasteiger partial charge in [0.2, 0.25) is 15.9 Å². The fraction of sp³-hybridized carbons (Fsp3) is 0.409. The van der Waals surface area contributed by atoms with E-state index in [1.807, 2.05) is 19.9 Å². The minimum absolute atomic E-state index is 0.378. The molecule has 0 aliphatic carbocycles. The van der Waals surface area contributed by atoms with E-state index >= 15 is 0 Å². The van der Waals surface area contributed by atoms with Crippen LogP contribution in [0.25, 0.3) is 0 Å². The van der Waals surface area contributed by atoms with E-state index in [1.54, 1.807) is 50.4 Å². The summed E-state index contributed by atoms with van der Waals surface area (Å²) in [6.45, 7) is 5.73. The highest BCUT2D eigenvalue weighted by Crippen LogP contribution is 2.30. The lowest BCUT2D eigenvalue weighted by Crippen LogP contribution is -2.48. The summed E-state index contributed by atoms with van der Waals surface area (Å²) in [6.07, 6.45) is 1.07. The molecule has 8 nitrogen and oxygen atoms in total. The van der Waals surface area contributed by atoms with Gasteiger partial charge in [-0.1, -0.05) is 6.07 Å². The molecular weight excluding hydrogens is 420 g/mol. The molecule has 0 aromatic heterocycles. The summed E-state index contributed by atoms with van der Waals surface area (Å²) in [5.41, 5.74) is 1.18. The molecule has 0 fully saturated rings. The van der Waals surface area contributed by atoms with Crippen LogP contribution in [0.3, 0.4) is 0 Å². The number of rotatable bonds is 10. The molecule has 170 valence electrons. The van der Waals surface area contributed by atoms with Crippen molar-refractivity contribution < 1.29 is 27.4 Å². The van der Waals surface area contributed by atoms with Crippen molar-refractivity contribution in [2.45, 2.75) is 32.9 Å². The molecule has 0 unspecified atom stereocenters. The molecule has 0 aliphatic rings. The molecule has 0 spiro atoms. The van der Waals surface area contributed by atoms with Gasteiger partial charge in [-0.15, -0.1) is 0 Å². The van der Waals surface area contributed by atoms with Crippen molar-refractivity contribution in [2.75, 3.05) is 31.4 Å². The normalized spacial score (nSPS) is 13.1. The SMILES string of the molecule is CCOc1ccc(N([C@@H](C)C(=O)N[C@@H](C)c2ccc(OC)c(OC)c2)S(C)(=O)=O)cc1. The van der Waals surface area contributed by atoms with Crippen LogP contribution in [-0.4, -0.2) is 47.4 Å². The van der Waals surface area contributed by atoms with Crippen LogP contribution < -0.4 is 23.8 Å². The van der Waals surface area contributed by atoms with Gasteiger partial charge in [0.25, 0.3) is 0 Å². The van der Waals surface area contributed by atoms with Crippen LogP contribution in [0.1, 0.15) is 32.4 Å². The summed E-state index contributed by atoms with van der Waals surface area (Å²) >= 11 is 0. The second kappa shape index (κ2) is 10.4. The molecule has 2 rings (SSSR count). The molecule has 31 heavy (non-hydrogen) atoms. The third-order valence-electron chi connectivity index (χ3n) is 4.76. The van der Waals surface area contributed by atoms with E-state index in [4.69, 9.17) is 14.2 Å². The minimum Gasteiger partial charge on any atom is -0.494 e. The van der Waals surface area contributed by atoms with Crippen LogP contribution in [0, 0.1) is 0 Å². The Balaban J connectivity index is 2.23. The van der Waals surface area contributed by atoms with Crippen molar-refractivity contribution in [3.05, 3.63) is 48.0 Å². The van der Waals surface area contributed by atoms with Gasteiger partial charge in [-0.05, 0) is 62.7 Å². The molecule has 2 atom stereocenters. The Hall–Kier alpha value is -2.94. The van der Waals surface area contributed by atoms with E-state index in [0.29, 0.717) is 29.5 Å². The fourth-order valence-corrected chi connectivity index (χ4v) is 4.38. The summed E-state index contributed by atoms with van der Waals surface area (Å²) in [4.78, 5) is 12.9. The molecule has 9 heteroatoms. The van der Waals surface area contributed by atoms with Crippen molar-refractivity contribution in [1.29, 1.82) is 0 Å². The second-order valence-electron chi connectivity index (χ2n) is 7.01. The first-order chi connectivity index (χ1) is 14.6. The molecule has 1 N–H and O–H groups in total. The molecule has 0 aliphatic heterocycles. The molecule has 2 aromatic rings. The fourth-order valence-electron chi connectivity index (χ4n) is 3.20. The standard InChI is InChI=1S/C22H30N2O6S/c1-7-30-19-11-9-18(10-12-19)24(31(6,26)27)16(3)22(25)23-15(2)17-8-13-20(28-4)21(14-17)29-5/h8-16H,7H2,1-6H3,(H,23,25)/t15-,16-/m0/s1. The minimum atomic E-state index is -3.71. The van der Waals surface area contributed by atoms with E-state index in [1.165, 1.54) is 7.11 Å². The van der Waals surface area contributed by atoms with E-state index in [-0.39, 0.29) is 6.04 Å². The highest BCUT2D eigenvalue weighted by molar-refractivity contribution is 7.92. The number of nitrogens with one attached hydrogen (secondary N) is 1. The second-order valence-corrected chi connectivity index (χ2v) is 8.87. The quantitative estimate of drug-likeness (QED) is 0.598. The molecule has 2 aromatic carbocycles. The predicted octanol–water partition coefficient (Wildman–Crippen LogP) is 3.13. The Morgan fingerprint density at radius 2 is 1.65 bits per heavy atom. The highest BCUT2D eigenvalue weighted by atomic mass is 32.2. The van der Waals surface area contributed by atoms with Gasteiger partial charge >= 0.3 is 0 Å². The lowest BCUT2D eigenvalue weighted by Gasteiger charge is -2.29. The van der Waals surface area contributed by atoms with Crippen LogP contribution in [-0.2, 0) is 14.8 Å². The third-order valence-corrected chi connectivity index (χ3v) is 6.00. The number of carbonyl (C=O) groups is 1. The molecule has 0 bridgehead atoms. The van der Waals surface area contributed by atoms with E-state index in [0.717, 1.165) is 16.1 Å². The van der Waals surface area contributed by atoms with Crippen LogP contribution in [0.4, 0.5) is 5.69 Å². The smallest absolute Gasteiger partial charge is 0.244 e. The van der Waals surface area contributed by atoms with E-state index in [2.05, 4.69) is 5.32 Å². The first-order valence-electron chi connectivity index (χ1n) is 9.86. The highest BCUT2D eigenvalue weighted by Gasteiger charge is 2.30. The first kappa shape index (κ1) is 24.3. The van der Waals surface area contributed by atoms with Crippen molar-refractivity contribution in [1.82, 2.24) is 5.32 Å². The average Bonchev–Trinajstić information content (AvgIpc) is 2.73. The molecule has 0 heterocycles. The van der Waals surface area contributed by atoms with Crippen molar-refractivity contribution in [3.8, 4) is 17.2 Å². The Morgan fingerprint density at radius 3 is 2.16 bits per heavy atom. The predicted molar refractivity (Wildman–Crippen MR) is 120 cm³/mol. The summed E-state index contributed by atoms with van der Waals surface area (Å²) in [7, 11) is -0.630. The van der Waals surface area contributed by atoms with E-state index < -0.39 is 22.0 Å². The lowest BCUT2D eigenvalue weighted by atomic mass is 10.1. The molecule has 0 saturated heterocycles. The first-order valence-corrected chi connectivity index (χ1v) is 11.7. The monoisotopic (exact) mass is 450 g/mol. The van der Waals surface area contributed by atoms with Gasteiger partial charge in [-0.3, -0.25) is 9.10 Å². The zero-order valence-electron chi connectivity index (χ0n) is 18.7. The van der Waals surface area contributed by atoms with Crippen molar-refractivity contribution >= 4 is 21.6 Å². The zero-order valence-corrected chi connectivity index (χ0v) is 19.5. The van der Waals surface area contributed by atoms with Crippen LogP contribution in [0.2, 0.25) is 0 Å². The maximum atomic E-state index is 12.9. The van der Waals surface area contributed by atoms with Gasteiger partial charge < -0.3 is 19.5 Å². The molecule has 0 saturated carbocycles. The number of methoxy groups -OCH3 is 2. The lowest BCUT2D eigenvalue weighted by molar-refractivity contribution is -0.122. The third kappa shape index (κ3) is 6.04. The van der Waals surface area contributed by atoms with Gasteiger partial charge in [0, 0.05) is 0 Å². The van der Waals surface area contributed by atoms with Gasteiger partial charge in [-0.25, -0.2) is 8.42 Å². The summed E-state index contributed by atoms with van der Waals surface area (Å²) in [5.74, 6) is 1.32. The number of carbonyl (C=O) groups excluding carboxylic acids is 1. The van der Waals surface area contributed by atoms with Gasteiger partial charge in [0.15, 0.2) is 11.5 Å².